The molecule has 0 aliphatic carbocycles. The van der Waals surface area contributed by atoms with Crippen LogP contribution in [0.5, 0.6) is 0 Å². The Labute approximate surface area is 107 Å². The average Bonchev–Trinajstić information content (AvgIpc) is 2.45. The van der Waals surface area contributed by atoms with Crippen LogP contribution in [0.25, 0.3) is 0 Å². The minimum atomic E-state index is -1.15. The van der Waals surface area contributed by atoms with Gasteiger partial charge in [-0.15, -0.1) is 0 Å². The van der Waals surface area contributed by atoms with Crippen molar-refractivity contribution in [3.05, 3.63) is 53.4 Å². The predicted octanol–water partition coefficient (Wildman–Crippen LogP) is 3.39. The highest BCUT2D eigenvalue weighted by molar-refractivity contribution is 5.86. The summed E-state index contributed by atoms with van der Waals surface area (Å²) in [6.07, 6.45) is 1.68. The molecule has 1 N–H and O–H groups in total. The second-order valence-electron chi connectivity index (χ2n) is 3.74. The van der Waals surface area contributed by atoms with E-state index >= 15 is 0 Å². The molecule has 2 rings (SSSR count). The number of benzene rings is 1. The Morgan fingerprint density at radius 2 is 2.00 bits per heavy atom. The zero-order valence-corrected chi connectivity index (χ0v) is 9.66. The van der Waals surface area contributed by atoms with Gasteiger partial charge in [0, 0.05) is 5.56 Å². The number of nitrogens with one attached hydrogen (secondary N) is 1. The molecule has 19 heavy (non-hydrogen) atoms. The molecular formula is C13H9F3N2O. The predicted molar refractivity (Wildman–Crippen MR) is 64.1 cm³/mol. The average molecular weight is 266 g/mol. The first kappa shape index (κ1) is 13.1. The molecule has 98 valence electrons. The Hall–Kier alpha value is -2.37. The molecular weight excluding hydrogens is 257 g/mol. The van der Waals surface area contributed by atoms with E-state index in [4.69, 9.17) is 0 Å². The van der Waals surface area contributed by atoms with Gasteiger partial charge in [-0.25, -0.2) is 13.2 Å². The van der Waals surface area contributed by atoms with Crippen LogP contribution in [0, 0.1) is 11.6 Å². The van der Waals surface area contributed by atoms with Crippen molar-refractivity contribution in [2.45, 2.75) is 6.67 Å². The molecule has 0 saturated heterocycles. The Bertz CT molecular complexity index is 600. The van der Waals surface area contributed by atoms with Gasteiger partial charge in [0.15, 0.2) is 17.9 Å². The van der Waals surface area contributed by atoms with Crippen LogP contribution < -0.4 is 5.32 Å². The number of anilines is 2. The van der Waals surface area contributed by atoms with E-state index in [0.717, 1.165) is 12.1 Å². The first-order valence-electron chi connectivity index (χ1n) is 5.37. The van der Waals surface area contributed by atoms with Crippen LogP contribution in [-0.4, -0.2) is 11.3 Å². The Balaban J connectivity index is 2.36. The van der Waals surface area contributed by atoms with Gasteiger partial charge in [-0.1, -0.05) is 0 Å². The zero-order valence-electron chi connectivity index (χ0n) is 9.66. The molecule has 1 aromatic heterocycles. The summed E-state index contributed by atoms with van der Waals surface area (Å²) in [4.78, 5) is 14.5. The Kier molecular flexibility index (Phi) is 3.79. The molecule has 0 atom stereocenters. The van der Waals surface area contributed by atoms with Crippen LogP contribution in [-0.2, 0) is 6.67 Å². The molecule has 3 nitrogen and oxygen atoms in total. The number of hydrogen-bond acceptors (Lipinski definition) is 3. The lowest BCUT2D eigenvalue weighted by Crippen LogP contribution is -2.01. The highest BCUT2D eigenvalue weighted by Crippen LogP contribution is 2.25. The summed E-state index contributed by atoms with van der Waals surface area (Å²) in [5, 5.41) is 2.55. The van der Waals surface area contributed by atoms with Crippen LogP contribution in [0.15, 0.2) is 30.5 Å². The first-order valence-corrected chi connectivity index (χ1v) is 5.37. The summed E-state index contributed by atoms with van der Waals surface area (Å²) in [6.45, 7) is -0.714. The summed E-state index contributed by atoms with van der Waals surface area (Å²) in [7, 11) is 0. The maximum atomic E-state index is 13.6. The molecule has 0 aliphatic rings. The van der Waals surface area contributed by atoms with E-state index in [1.165, 1.54) is 18.3 Å². The van der Waals surface area contributed by atoms with Gasteiger partial charge in [-0.2, -0.15) is 0 Å². The van der Waals surface area contributed by atoms with E-state index in [1.807, 2.05) is 0 Å². The molecule has 0 radical (unpaired) electrons. The molecule has 0 spiro atoms. The lowest BCUT2D eigenvalue weighted by molar-refractivity contribution is 0.112. The van der Waals surface area contributed by atoms with E-state index in [1.54, 1.807) is 0 Å². The highest BCUT2D eigenvalue weighted by atomic mass is 19.2. The van der Waals surface area contributed by atoms with E-state index < -0.39 is 18.3 Å². The van der Waals surface area contributed by atoms with Gasteiger partial charge in [0.05, 0.1) is 23.3 Å². The fourth-order valence-electron chi connectivity index (χ4n) is 1.51. The molecule has 0 bridgehead atoms. The van der Waals surface area contributed by atoms with E-state index in [-0.39, 0.29) is 16.9 Å². The second kappa shape index (κ2) is 5.51. The molecule has 0 amide bonds. The van der Waals surface area contributed by atoms with E-state index in [2.05, 4.69) is 10.3 Å². The molecule has 6 heteroatoms. The number of hydrogen-bond donors (Lipinski definition) is 1. The van der Waals surface area contributed by atoms with Crippen molar-refractivity contribution in [1.29, 1.82) is 0 Å². The summed E-state index contributed by atoms with van der Waals surface area (Å²) in [5.74, 6) is -2.22. The third-order valence-electron chi connectivity index (χ3n) is 2.49. The highest BCUT2D eigenvalue weighted by Gasteiger charge is 2.13. The number of aldehydes is 1. The summed E-state index contributed by atoms with van der Waals surface area (Å²) in [5.41, 5.74) is 0.254. The van der Waals surface area contributed by atoms with Gasteiger partial charge in [-0.05, 0) is 24.3 Å². The minimum absolute atomic E-state index is 0.0199. The van der Waals surface area contributed by atoms with Gasteiger partial charge in [-0.3, -0.25) is 9.78 Å². The molecule has 1 heterocycles. The largest absolute Gasteiger partial charge is 0.351 e. The second-order valence-corrected chi connectivity index (χ2v) is 3.74. The maximum absolute atomic E-state index is 13.6. The lowest BCUT2D eigenvalue weighted by Gasteiger charge is -2.10. The van der Waals surface area contributed by atoms with Gasteiger partial charge in [0.1, 0.15) is 6.67 Å². The van der Waals surface area contributed by atoms with E-state index in [9.17, 15) is 18.0 Å². The Morgan fingerprint density at radius 1 is 1.21 bits per heavy atom. The van der Waals surface area contributed by atoms with Crippen molar-refractivity contribution in [3.8, 4) is 0 Å². The lowest BCUT2D eigenvalue weighted by atomic mass is 10.1. The summed E-state index contributed by atoms with van der Waals surface area (Å²) >= 11 is 0. The normalized spacial score (nSPS) is 10.3. The maximum Gasteiger partial charge on any atom is 0.182 e. The van der Waals surface area contributed by atoms with Crippen LogP contribution >= 0.6 is 0 Å². The monoisotopic (exact) mass is 266 g/mol. The van der Waals surface area contributed by atoms with E-state index in [0.29, 0.717) is 12.0 Å². The molecule has 0 aliphatic heterocycles. The van der Waals surface area contributed by atoms with Crippen LogP contribution in [0.1, 0.15) is 16.1 Å². The van der Waals surface area contributed by atoms with Gasteiger partial charge < -0.3 is 5.32 Å². The van der Waals surface area contributed by atoms with Crippen molar-refractivity contribution in [2.75, 3.05) is 5.32 Å². The quantitative estimate of drug-likeness (QED) is 0.862. The van der Waals surface area contributed by atoms with Crippen molar-refractivity contribution >= 4 is 17.7 Å². The SMILES string of the molecule is O=Cc1ccc(F)c(F)c1Nc1ccc(CF)nc1. The van der Waals surface area contributed by atoms with Gasteiger partial charge in [0.25, 0.3) is 0 Å². The molecule has 1 aromatic carbocycles. The third-order valence-corrected chi connectivity index (χ3v) is 2.49. The number of aromatic nitrogens is 1. The molecule has 0 saturated carbocycles. The number of nitrogens with zero attached hydrogens (tertiary/aromatic N) is 1. The fourth-order valence-corrected chi connectivity index (χ4v) is 1.51. The number of alkyl halides is 1. The van der Waals surface area contributed by atoms with Crippen molar-refractivity contribution in [3.63, 3.8) is 0 Å². The van der Waals surface area contributed by atoms with Crippen LogP contribution in [0.2, 0.25) is 0 Å². The third kappa shape index (κ3) is 2.73. The number of carbonyl (C=O) groups is 1. The number of carbonyl (C=O) groups excluding carboxylic acids is 1. The van der Waals surface area contributed by atoms with Gasteiger partial charge in [0.2, 0.25) is 0 Å². The number of rotatable bonds is 4. The number of pyridine rings is 1. The van der Waals surface area contributed by atoms with Crippen molar-refractivity contribution < 1.29 is 18.0 Å². The molecule has 0 fully saturated rings. The topological polar surface area (TPSA) is 42.0 Å². The fraction of sp³-hybridized carbons (Fsp3) is 0.0769. The van der Waals surface area contributed by atoms with Crippen LogP contribution in [0.4, 0.5) is 24.5 Å². The molecule has 0 unspecified atom stereocenters. The smallest absolute Gasteiger partial charge is 0.182 e. The van der Waals surface area contributed by atoms with Gasteiger partial charge >= 0.3 is 0 Å². The molecule has 2 aromatic rings. The summed E-state index contributed by atoms with van der Waals surface area (Å²) in [6, 6.07) is 4.90. The first-order chi connectivity index (χ1) is 9.15. The Morgan fingerprint density at radius 3 is 2.58 bits per heavy atom. The minimum Gasteiger partial charge on any atom is -0.351 e. The zero-order chi connectivity index (χ0) is 13.8. The van der Waals surface area contributed by atoms with Crippen molar-refractivity contribution in [2.24, 2.45) is 0 Å². The van der Waals surface area contributed by atoms with Crippen LogP contribution in [0.3, 0.4) is 0 Å². The standard InChI is InChI=1S/C13H9F3N2O/c14-5-9-2-3-10(6-17-9)18-13-8(7-19)1-4-11(15)12(13)16/h1-4,6-7,18H,5H2. The summed E-state index contributed by atoms with van der Waals surface area (Å²) < 4.78 is 39.0. The number of halogens is 3. The van der Waals surface area contributed by atoms with Crippen molar-refractivity contribution in [1.82, 2.24) is 4.98 Å².